The van der Waals surface area contributed by atoms with Crippen LogP contribution in [-0.4, -0.2) is 88.2 Å². The number of morpholine rings is 1. The largest absolute Gasteiger partial charge is 0.491 e. The van der Waals surface area contributed by atoms with Gasteiger partial charge in [0.1, 0.15) is 17.2 Å². The number of likely N-dealkylation sites (tertiary alicyclic amines) is 1. The van der Waals surface area contributed by atoms with Crippen LogP contribution in [0.15, 0.2) is 18.3 Å². The molecule has 3 aromatic rings. The number of rotatable bonds is 6. The van der Waals surface area contributed by atoms with E-state index in [0.29, 0.717) is 49.2 Å². The number of nitrogens with one attached hydrogen (secondary N) is 3. The molecule has 1 atom stereocenters. The van der Waals surface area contributed by atoms with Crippen LogP contribution in [0, 0.1) is 0 Å². The number of carbonyl (C=O) groups excluding carboxylic acids is 1. The molecule has 4 aliphatic rings. The Morgan fingerprint density at radius 1 is 1.04 bits per heavy atom. The van der Waals surface area contributed by atoms with Gasteiger partial charge in [0, 0.05) is 62.0 Å². The average Bonchev–Trinajstić information content (AvgIpc) is 3.70. The smallest absolute Gasteiger partial charge is 0.418 e. The van der Waals surface area contributed by atoms with Crippen LogP contribution in [0.4, 0.5) is 30.6 Å². The number of ether oxygens (including phenoxy) is 2. The third kappa shape index (κ3) is 6.16. The number of carbonyl (C=O) groups is 1. The number of halogens is 3. The molecule has 5 heterocycles. The van der Waals surface area contributed by atoms with Crippen molar-refractivity contribution in [1.82, 2.24) is 24.8 Å². The maximum absolute atomic E-state index is 13.9. The molecular formula is C32H40F3N7O3. The van der Waals surface area contributed by atoms with E-state index in [1.54, 1.807) is 6.07 Å². The molecule has 0 spiro atoms. The van der Waals surface area contributed by atoms with Crippen molar-refractivity contribution in [3.8, 4) is 5.75 Å². The van der Waals surface area contributed by atoms with Crippen LogP contribution in [0.25, 0.3) is 11.0 Å². The Labute approximate surface area is 260 Å². The van der Waals surface area contributed by atoms with Gasteiger partial charge in [0.05, 0.1) is 36.0 Å². The summed E-state index contributed by atoms with van der Waals surface area (Å²) < 4.78 is 53.4. The van der Waals surface area contributed by atoms with Crippen molar-refractivity contribution in [3.05, 3.63) is 35.0 Å². The van der Waals surface area contributed by atoms with Crippen LogP contribution in [0.1, 0.15) is 73.4 Å². The first kappa shape index (κ1) is 30.1. The van der Waals surface area contributed by atoms with E-state index in [0.717, 1.165) is 76.4 Å². The number of fused-ring (bicyclic) bond motifs is 2. The highest BCUT2D eigenvalue weighted by atomic mass is 19.4. The fraction of sp³-hybridized carbons (Fsp3) is 0.594. The Morgan fingerprint density at radius 3 is 2.60 bits per heavy atom. The number of amides is 1. The molecule has 1 aliphatic carbocycles. The number of hydrogen-bond donors (Lipinski definition) is 3. The molecule has 1 amide bonds. The van der Waals surface area contributed by atoms with Crippen LogP contribution in [0.3, 0.4) is 0 Å². The van der Waals surface area contributed by atoms with E-state index in [1.807, 2.05) is 11.0 Å². The second-order valence-electron chi connectivity index (χ2n) is 12.7. The summed E-state index contributed by atoms with van der Waals surface area (Å²) in [5.74, 6) is 0.862. The van der Waals surface area contributed by atoms with Crippen LogP contribution in [0.5, 0.6) is 5.75 Å². The lowest BCUT2D eigenvalue weighted by molar-refractivity contribution is -0.136. The van der Waals surface area contributed by atoms with Gasteiger partial charge in [-0.3, -0.25) is 9.69 Å². The number of benzene rings is 1. The molecule has 2 saturated heterocycles. The van der Waals surface area contributed by atoms with Crippen molar-refractivity contribution in [3.63, 3.8) is 0 Å². The van der Waals surface area contributed by atoms with Gasteiger partial charge in [-0.1, -0.05) is 19.3 Å². The van der Waals surface area contributed by atoms with E-state index in [1.165, 1.54) is 0 Å². The molecule has 0 bridgehead atoms. The highest BCUT2D eigenvalue weighted by Gasteiger charge is 2.36. The lowest BCUT2D eigenvalue weighted by Crippen LogP contribution is -2.51. The Balaban J connectivity index is 1.11. The summed E-state index contributed by atoms with van der Waals surface area (Å²) in [7, 11) is 0. The summed E-state index contributed by atoms with van der Waals surface area (Å²) in [4.78, 5) is 29.8. The van der Waals surface area contributed by atoms with Crippen molar-refractivity contribution in [2.75, 3.05) is 50.0 Å². The molecule has 0 radical (unpaired) electrons. The molecule has 1 saturated carbocycles. The van der Waals surface area contributed by atoms with Gasteiger partial charge in [-0.05, 0) is 44.7 Å². The molecule has 13 heteroatoms. The minimum absolute atomic E-state index is 0.000186. The molecule has 2 aromatic heterocycles. The predicted octanol–water partition coefficient (Wildman–Crippen LogP) is 5.73. The number of aromatic amines is 1. The predicted molar refractivity (Wildman–Crippen MR) is 164 cm³/mol. The van der Waals surface area contributed by atoms with E-state index >= 15 is 0 Å². The monoisotopic (exact) mass is 627 g/mol. The summed E-state index contributed by atoms with van der Waals surface area (Å²) >= 11 is 0. The Hall–Kier alpha value is -3.58. The van der Waals surface area contributed by atoms with E-state index in [-0.39, 0.29) is 40.9 Å². The first-order chi connectivity index (χ1) is 21.7. The SMILES string of the molecule is CC1CN(C2CCN(C(=O)c3ccc(Nc4nc(NC5CCCCC5)c5c(C(F)(F)F)c[nH]c5n4)c4c3CCO4)CC2)CCO1. The Morgan fingerprint density at radius 2 is 1.84 bits per heavy atom. The first-order valence-corrected chi connectivity index (χ1v) is 16.2. The van der Waals surface area contributed by atoms with Gasteiger partial charge < -0.3 is 30.0 Å². The topological polar surface area (TPSA) is 108 Å². The van der Waals surface area contributed by atoms with Crippen LogP contribution < -0.4 is 15.4 Å². The zero-order chi connectivity index (χ0) is 31.1. The van der Waals surface area contributed by atoms with Gasteiger partial charge in [0.25, 0.3) is 5.91 Å². The van der Waals surface area contributed by atoms with Gasteiger partial charge >= 0.3 is 6.18 Å². The Bertz CT molecular complexity index is 1550. The van der Waals surface area contributed by atoms with Crippen molar-refractivity contribution in [2.24, 2.45) is 0 Å². The minimum atomic E-state index is -4.55. The number of hydrogen-bond acceptors (Lipinski definition) is 8. The van der Waals surface area contributed by atoms with Crippen molar-refractivity contribution >= 4 is 34.4 Å². The number of anilines is 3. The van der Waals surface area contributed by atoms with Gasteiger partial charge in [-0.2, -0.15) is 23.1 Å². The molecule has 3 aliphatic heterocycles. The Kier molecular flexibility index (Phi) is 8.23. The second-order valence-corrected chi connectivity index (χ2v) is 12.7. The third-order valence-electron chi connectivity index (χ3n) is 9.66. The highest BCUT2D eigenvalue weighted by molar-refractivity contribution is 5.98. The number of piperidine rings is 1. The average molecular weight is 628 g/mol. The highest BCUT2D eigenvalue weighted by Crippen LogP contribution is 2.41. The summed E-state index contributed by atoms with van der Waals surface area (Å²) in [6.45, 7) is 6.56. The number of H-pyrrole nitrogens is 1. The second kappa shape index (κ2) is 12.3. The normalized spacial score (nSPS) is 22.0. The lowest BCUT2D eigenvalue weighted by Gasteiger charge is -2.41. The van der Waals surface area contributed by atoms with E-state index in [4.69, 9.17) is 9.47 Å². The van der Waals surface area contributed by atoms with E-state index in [9.17, 15) is 18.0 Å². The van der Waals surface area contributed by atoms with Crippen molar-refractivity contribution < 1.29 is 27.4 Å². The molecule has 7 rings (SSSR count). The summed E-state index contributed by atoms with van der Waals surface area (Å²) in [5, 5.41) is 6.41. The minimum Gasteiger partial charge on any atom is -0.491 e. The molecule has 3 fully saturated rings. The fourth-order valence-electron chi connectivity index (χ4n) is 7.35. The lowest BCUT2D eigenvalue weighted by atomic mass is 9.95. The molecule has 10 nitrogen and oxygen atoms in total. The number of nitrogens with zero attached hydrogens (tertiary/aromatic N) is 4. The third-order valence-corrected chi connectivity index (χ3v) is 9.66. The van der Waals surface area contributed by atoms with Crippen molar-refractivity contribution in [1.29, 1.82) is 0 Å². The molecule has 45 heavy (non-hydrogen) atoms. The van der Waals surface area contributed by atoms with Gasteiger partial charge in [0.15, 0.2) is 0 Å². The van der Waals surface area contributed by atoms with Crippen LogP contribution in [0.2, 0.25) is 0 Å². The maximum atomic E-state index is 13.9. The zero-order valence-electron chi connectivity index (χ0n) is 25.5. The number of alkyl halides is 3. The summed E-state index contributed by atoms with van der Waals surface area (Å²) in [5.41, 5.74) is 1.33. The molecule has 1 aromatic carbocycles. The van der Waals surface area contributed by atoms with Gasteiger partial charge in [-0.15, -0.1) is 0 Å². The van der Waals surface area contributed by atoms with Crippen LogP contribution >= 0.6 is 0 Å². The van der Waals surface area contributed by atoms with E-state index < -0.39 is 11.7 Å². The van der Waals surface area contributed by atoms with E-state index in [2.05, 4.69) is 37.4 Å². The number of aromatic nitrogens is 3. The van der Waals surface area contributed by atoms with Crippen LogP contribution in [-0.2, 0) is 17.3 Å². The molecule has 1 unspecified atom stereocenters. The van der Waals surface area contributed by atoms with Gasteiger partial charge in [0.2, 0.25) is 5.95 Å². The molecule has 242 valence electrons. The first-order valence-electron chi connectivity index (χ1n) is 16.2. The molecule has 3 N–H and O–H groups in total. The standard InChI is InChI=1S/C32H40F3N7O3/c1-19-18-42(14-16-44-19)21-9-12-41(13-10-21)30(43)23-7-8-25(27-22(23)11-15-45-27)38-31-39-28-26(24(17-36-28)32(33,34)35)29(40-31)37-20-5-3-2-4-6-20/h7-8,17,19-21H,2-6,9-16,18H2,1H3,(H3,36,37,38,39,40). The fourth-order valence-corrected chi connectivity index (χ4v) is 7.35. The molecular weight excluding hydrogens is 587 g/mol. The maximum Gasteiger partial charge on any atom is 0.418 e. The van der Waals surface area contributed by atoms with Gasteiger partial charge in [-0.25, -0.2) is 0 Å². The quantitative estimate of drug-likeness (QED) is 0.319. The summed E-state index contributed by atoms with van der Waals surface area (Å²) in [6.07, 6.45) is 4.01. The zero-order valence-corrected chi connectivity index (χ0v) is 25.5. The summed E-state index contributed by atoms with van der Waals surface area (Å²) in [6, 6.07) is 4.09. The van der Waals surface area contributed by atoms with Crippen molar-refractivity contribution in [2.45, 2.75) is 82.7 Å².